The smallest absolute Gasteiger partial charge is 0.330 e. The summed E-state index contributed by atoms with van der Waals surface area (Å²) in [6.45, 7) is 3.85. The maximum absolute atomic E-state index is 11.8. The molecule has 0 radical (unpaired) electrons. The van der Waals surface area contributed by atoms with Crippen molar-refractivity contribution in [1.82, 2.24) is 19.1 Å². The van der Waals surface area contributed by atoms with E-state index in [2.05, 4.69) is 9.97 Å². The maximum Gasteiger partial charge on any atom is 0.330 e. The van der Waals surface area contributed by atoms with E-state index < -0.39 is 11.2 Å². The lowest BCUT2D eigenvalue weighted by Gasteiger charge is -2.12. The number of nitrogens with one attached hydrogen (secondary N) is 1. The van der Waals surface area contributed by atoms with E-state index in [0.717, 1.165) is 6.42 Å². The Bertz CT molecular complexity index is 678. The number of aromatic nitrogens is 4. The molecule has 2 heterocycles. The number of aryl methyl sites for hydroxylation is 1. The zero-order valence-electron chi connectivity index (χ0n) is 10.0. The Hall–Kier alpha value is -2.05. The molecule has 17 heavy (non-hydrogen) atoms. The molecule has 92 valence electrons. The molecule has 0 aliphatic carbocycles. The minimum atomic E-state index is -0.462. The molecule has 7 nitrogen and oxygen atoms in total. The lowest BCUT2D eigenvalue weighted by atomic mass is 10.2. The molecule has 2 aromatic rings. The number of nitrogen functional groups attached to an aromatic ring is 1. The van der Waals surface area contributed by atoms with Gasteiger partial charge in [-0.2, -0.15) is 4.98 Å². The second-order valence-electron chi connectivity index (χ2n) is 4.09. The summed E-state index contributed by atoms with van der Waals surface area (Å²) in [5.74, 6) is 0.216. The SMILES string of the molecule is CCC(C)n1c(=O)[nH]c(=O)c2c1nc(N)n2C. The molecule has 7 heteroatoms. The largest absolute Gasteiger partial charge is 0.369 e. The predicted octanol–water partition coefficient (Wildman–Crippen LogP) is -0.0235. The highest BCUT2D eigenvalue weighted by Crippen LogP contribution is 2.15. The minimum Gasteiger partial charge on any atom is -0.369 e. The van der Waals surface area contributed by atoms with Gasteiger partial charge in [-0.25, -0.2) is 4.79 Å². The van der Waals surface area contributed by atoms with Crippen LogP contribution in [-0.4, -0.2) is 19.1 Å². The van der Waals surface area contributed by atoms with E-state index in [-0.39, 0.29) is 12.0 Å². The van der Waals surface area contributed by atoms with Gasteiger partial charge < -0.3 is 10.3 Å². The monoisotopic (exact) mass is 237 g/mol. The van der Waals surface area contributed by atoms with Crippen molar-refractivity contribution in [3.8, 4) is 0 Å². The van der Waals surface area contributed by atoms with Crippen molar-refractivity contribution >= 4 is 17.1 Å². The summed E-state index contributed by atoms with van der Waals surface area (Å²) >= 11 is 0. The summed E-state index contributed by atoms with van der Waals surface area (Å²) in [4.78, 5) is 29.9. The maximum atomic E-state index is 11.8. The molecule has 0 aromatic carbocycles. The first-order chi connectivity index (χ1) is 7.97. The lowest BCUT2D eigenvalue weighted by Crippen LogP contribution is -2.32. The molecular formula is C10H15N5O2. The van der Waals surface area contributed by atoms with Gasteiger partial charge in [0.1, 0.15) is 0 Å². The topological polar surface area (TPSA) is 98.7 Å². The Labute approximate surface area is 96.9 Å². The second-order valence-corrected chi connectivity index (χ2v) is 4.09. The normalized spacial score (nSPS) is 13.1. The van der Waals surface area contributed by atoms with Crippen molar-refractivity contribution in [3.63, 3.8) is 0 Å². The third-order valence-corrected chi connectivity index (χ3v) is 3.03. The minimum absolute atomic E-state index is 0.0452. The molecule has 3 N–H and O–H groups in total. The molecule has 0 fully saturated rings. The highest BCUT2D eigenvalue weighted by atomic mass is 16.2. The lowest BCUT2D eigenvalue weighted by molar-refractivity contribution is 0.517. The average Bonchev–Trinajstić information content (AvgIpc) is 2.55. The van der Waals surface area contributed by atoms with E-state index >= 15 is 0 Å². The Morgan fingerprint density at radius 2 is 2.12 bits per heavy atom. The summed E-state index contributed by atoms with van der Waals surface area (Å²) in [6, 6.07) is -0.0452. The molecule has 1 unspecified atom stereocenters. The number of anilines is 1. The first-order valence-corrected chi connectivity index (χ1v) is 5.44. The average molecular weight is 237 g/mol. The van der Waals surface area contributed by atoms with E-state index in [1.165, 1.54) is 9.13 Å². The Kier molecular flexibility index (Phi) is 2.53. The fourth-order valence-corrected chi connectivity index (χ4v) is 1.83. The van der Waals surface area contributed by atoms with Crippen LogP contribution in [0.25, 0.3) is 11.2 Å². The molecule has 2 rings (SSSR count). The van der Waals surface area contributed by atoms with Gasteiger partial charge in [0.25, 0.3) is 5.56 Å². The van der Waals surface area contributed by atoms with Crippen molar-refractivity contribution in [3.05, 3.63) is 20.8 Å². The molecule has 1 atom stereocenters. The Morgan fingerprint density at radius 1 is 1.47 bits per heavy atom. The van der Waals surface area contributed by atoms with Crippen LogP contribution < -0.4 is 17.0 Å². The van der Waals surface area contributed by atoms with Gasteiger partial charge in [0.15, 0.2) is 11.2 Å². The summed E-state index contributed by atoms with van der Waals surface area (Å²) < 4.78 is 2.94. The zero-order valence-corrected chi connectivity index (χ0v) is 10.0. The van der Waals surface area contributed by atoms with E-state index in [0.29, 0.717) is 11.2 Å². The Morgan fingerprint density at radius 3 is 2.71 bits per heavy atom. The van der Waals surface area contributed by atoms with E-state index in [4.69, 9.17) is 5.73 Å². The van der Waals surface area contributed by atoms with E-state index in [1.54, 1.807) is 7.05 Å². The quantitative estimate of drug-likeness (QED) is 0.766. The van der Waals surface area contributed by atoms with E-state index in [9.17, 15) is 9.59 Å². The molecule has 0 amide bonds. The second kappa shape index (κ2) is 3.76. The van der Waals surface area contributed by atoms with Crippen LogP contribution in [0.5, 0.6) is 0 Å². The van der Waals surface area contributed by atoms with Crippen molar-refractivity contribution in [1.29, 1.82) is 0 Å². The standard InChI is InChI=1S/C10H15N5O2/c1-4-5(2)15-7-6(8(16)13-10(15)17)14(3)9(11)12-7/h5H,4H2,1-3H3,(H2,11,12)(H,13,16,17). The van der Waals surface area contributed by atoms with E-state index in [1.807, 2.05) is 13.8 Å². The molecule has 2 aromatic heterocycles. The van der Waals surface area contributed by atoms with Gasteiger partial charge in [0, 0.05) is 13.1 Å². The van der Waals surface area contributed by atoms with Crippen LogP contribution in [0, 0.1) is 0 Å². The number of fused-ring (bicyclic) bond motifs is 1. The number of aromatic amines is 1. The van der Waals surface area contributed by atoms with Gasteiger partial charge in [-0.1, -0.05) is 6.92 Å². The van der Waals surface area contributed by atoms with Gasteiger partial charge in [-0.05, 0) is 13.3 Å². The molecule has 0 spiro atoms. The first-order valence-electron chi connectivity index (χ1n) is 5.44. The summed E-state index contributed by atoms with van der Waals surface area (Å²) in [5, 5.41) is 0. The molecule has 0 aliphatic rings. The van der Waals surface area contributed by atoms with Gasteiger partial charge >= 0.3 is 5.69 Å². The molecule has 0 aliphatic heterocycles. The summed E-state index contributed by atoms with van der Waals surface area (Å²) in [5.41, 5.74) is 5.42. The fourth-order valence-electron chi connectivity index (χ4n) is 1.83. The number of H-pyrrole nitrogens is 1. The zero-order chi connectivity index (χ0) is 12.7. The number of hydrogen-bond acceptors (Lipinski definition) is 4. The van der Waals surface area contributed by atoms with Crippen molar-refractivity contribution in [2.24, 2.45) is 7.05 Å². The van der Waals surface area contributed by atoms with Gasteiger partial charge in [-0.15, -0.1) is 0 Å². The molecule has 0 saturated heterocycles. The van der Waals surface area contributed by atoms with Gasteiger partial charge in [0.05, 0.1) is 0 Å². The Balaban J connectivity index is 2.99. The number of nitrogens with two attached hydrogens (primary N) is 1. The highest BCUT2D eigenvalue weighted by molar-refractivity contribution is 5.73. The number of hydrogen-bond donors (Lipinski definition) is 2. The van der Waals surface area contributed by atoms with Crippen LogP contribution in [0.2, 0.25) is 0 Å². The van der Waals surface area contributed by atoms with Crippen LogP contribution in [0.1, 0.15) is 26.3 Å². The number of imidazole rings is 1. The molecule has 0 bridgehead atoms. The molecule has 0 saturated carbocycles. The van der Waals surface area contributed by atoms with Gasteiger partial charge in [-0.3, -0.25) is 14.3 Å². The fraction of sp³-hybridized carbons (Fsp3) is 0.500. The van der Waals surface area contributed by atoms with Crippen molar-refractivity contribution in [2.75, 3.05) is 5.73 Å². The third-order valence-electron chi connectivity index (χ3n) is 3.03. The highest BCUT2D eigenvalue weighted by Gasteiger charge is 2.17. The number of nitrogens with zero attached hydrogens (tertiary/aromatic N) is 3. The van der Waals surface area contributed by atoms with Crippen LogP contribution in [-0.2, 0) is 7.05 Å². The summed E-state index contributed by atoms with van der Waals surface area (Å²) in [7, 11) is 1.64. The van der Waals surface area contributed by atoms with Gasteiger partial charge in [0.2, 0.25) is 5.95 Å². The van der Waals surface area contributed by atoms with Crippen LogP contribution in [0.15, 0.2) is 9.59 Å². The summed E-state index contributed by atoms with van der Waals surface area (Å²) in [6.07, 6.45) is 0.761. The van der Waals surface area contributed by atoms with Crippen LogP contribution in [0.4, 0.5) is 5.95 Å². The van der Waals surface area contributed by atoms with Crippen LogP contribution in [0.3, 0.4) is 0 Å². The predicted molar refractivity (Wildman–Crippen MR) is 65.0 cm³/mol. The van der Waals surface area contributed by atoms with Crippen LogP contribution >= 0.6 is 0 Å². The molecular weight excluding hydrogens is 222 g/mol. The third kappa shape index (κ3) is 1.54. The van der Waals surface area contributed by atoms with Crippen molar-refractivity contribution in [2.45, 2.75) is 26.3 Å². The van der Waals surface area contributed by atoms with Crippen molar-refractivity contribution < 1.29 is 0 Å². The number of rotatable bonds is 2. The first kappa shape index (κ1) is 11.4.